The first-order chi connectivity index (χ1) is 10.4. The third kappa shape index (κ3) is 2.45. The molecule has 0 saturated heterocycles. The van der Waals surface area contributed by atoms with Gasteiger partial charge in [-0.3, -0.25) is 4.79 Å². The van der Waals surface area contributed by atoms with Crippen LogP contribution < -0.4 is 5.56 Å². The van der Waals surface area contributed by atoms with Gasteiger partial charge in [0.25, 0.3) is 5.56 Å². The minimum absolute atomic E-state index is 0.130. The number of hydrogen-bond donors (Lipinski definition) is 3. The maximum Gasteiger partial charge on any atom is 0.272 e. The summed E-state index contributed by atoms with van der Waals surface area (Å²) in [5.74, 6) is 0. The number of benzene rings is 1. The third-order valence-corrected chi connectivity index (χ3v) is 3.81. The molecule has 0 saturated carbocycles. The maximum atomic E-state index is 12.1. The van der Waals surface area contributed by atoms with E-state index in [4.69, 9.17) is 0 Å². The molecule has 3 aromatic rings. The number of fused-ring (bicyclic) bond motifs is 1. The number of aromatic nitrogens is 2. The summed E-state index contributed by atoms with van der Waals surface area (Å²) >= 11 is 0. The van der Waals surface area contributed by atoms with Crippen molar-refractivity contribution >= 4 is 5.52 Å². The molecular formula is C17H18N2O3. The Morgan fingerprint density at radius 2 is 1.82 bits per heavy atom. The fraction of sp³-hybridized carbons (Fsp3) is 0.235. The molecule has 2 heterocycles. The van der Waals surface area contributed by atoms with Crippen LogP contribution in [0.1, 0.15) is 25.1 Å². The average Bonchev–Trinajstić information content (AvgIpc) is 2.90. The van der Waals surface area contributed by atoms with Crippen LogP contribution in [-0.4, -0.2) is 19.6 Å². The summed E-state index contributed by atoms with van der Waals surface area (Å²) in [6, 6.07) is 10.8. The highest BCUT2D eigenvalue weighted by atomic mass is 16.3. The Bertz CT molecular complexity index is 868. The number of nitrogens with zero attached hydrogens (tertiary/aromatic N) is 1. The molecular weight excluding hydrogens is 280 g/mol. The zero-order valence-electron chi connectivity index (χ0n) is 12.5. The molecule has 0 fully saturated rings. The van der Waals surface area contributed by atoms with E-state index in [2.05, 4.69) is 4.98 Å². The Balaban J connectivity index is 2.12. The zero-order chi connectivity index (χ0) is 15.9. The van der Waals surface area contributed by atoms with E-state index in [0.717, 1.165) is 11.1 Å². The van der Waals surface area contributed by atoms with Gasteiger partial charge in [0.1, 0.15) is 5.52 Å². The molecule has 0 atom stereocenters. The maximum absolute atomic E-state index is 12.1. The molecule has 22 heavy (non-hydrogen) atoms. The highest BCUT2D eigenvalue weighted by molar-refractivity contribution is 5.61. The number of hydrogen-bond acceptors (Lipinski definition) is 3. The van der Waals surface area contributed by atoms with Gasteiger partial charge in [-0.2, -0.15) is 0 Å². The Kier molecular flexibility index (Phi) is 3.39. The van der Waals surface area contributed by atoms with Crippen LogP contribution in [0.3, 0.4) is 0 Å². The van der Waals surface area contributed by atoms with Crippen LogP contribution in [0.5, 0.6) is 0 Å². The van der Waals surface area contributed by atoms with Crippen molar-refractivity contribution in [1.29, 1.82) is 0 Å². The molecule has 0 aliphatic carbocycles. The van der Waals surface area contributed by atoms with Crippen molar-refractivity contribution in [2.24, 2.45) is 0 Å². The molecule has 0 spiro atoms. The molecule has 0 bridgehead atoms. The van der Waals surface area contributed by atoms with Crippen LogP contribution in [0.4, 0.5) is 0 Å². The normalized spacial score (nSPS) is 12.0. The summed E-state index contributed by atoms with van der Waals surface area (Å²) in [7, 11) is 0. The predicted octanol–water partition coefficient (Wildman–Crippen LogP) is 2.01. The second-order valence-corrected chi connectivity index (χ2v) is 5.87. The summed E-state index contributed by atoms with van der Waals surface area (Å²) in [5, 5.41) is 19.3. The van der Waals surface area contributed by atoms with Gasteiger partial charge in [-0.25, -0.2) is 0 Å². The monoisotopic (exact) mass is 298 g/mol. The number of aliphatic hydroxyl groups excluding tert-OH is 1. The zero-order valence-corrected chi connectivity index (χ0v) is 12.5. The van der Waals surface area contributed by atoms with Gasteiger partial charge in [-0.15, -0.1) is 0 Å². The topological polar surface area (TPSA) is 77.7 Å². The predicted molar refractivity (Wildman–Crippen MR) is 84.6 cm³/mol. The standard InChI is InChI=1S/C17H18N2O3/c1-17(2,22)12-5-3-11(4-6-12)14-9-19-13(10-20)7-8-15(19)16(21)18-14/h3-9,20,22H,10H2,1-2H3,(H,18,21). The SMILES string of the molecule is CC(C)(O)c1ccc(-c2cn3c(CO)ccc3c(=O)[nH]2)cc1. The number of aliphatic hydroxyl groups is 2. The van der Waals surface area contributed by atoms with Crippen LogP contribution in [0.2, 0.25) is 0 Å². The summed E-state index contributed by atoms with van der Waals surface area (Å²) < 4.78 is 1.69. The summed E-state index contributed by atoms with van der Waals surface area (Å²) in [5.41, 5.74) is 2.35. The third-order valence-electron chi connectivity index (χ3n) is 3.81. The summed E-state index contributed by atoms with van der Waals surface area (Å²) in [6.45, 7) is 3.32. The van der Waals surface area contributed by atoms with Gasteiger partial charge in [0.15, 0.2) is 0 Å². The van der Waals surface area contributed by atoms with Crippen LogP contribution in [-0.2, 0) is 12.2 Å². The van der Waals surface area contributed by atoms with Gasteiger partial charge < -0.3 is 19.6 Å². The number of nitrogens with one attached hydrogen (secondary N) is 1. The number of H-pyrrole nitrogens is 1. The Labute approximate surface area is 127 Å². The van der Waals surface area contributed by atoms with Gasteiger partial charge in [-0.1, -0.05) is 24.3 Å². The lowest BCUT2D eigenvalue weighted by molar-refractivity contribution is 0.0786. The van der Waals surface area contributed by atoms with E-state index >= 15 is 0 Å². The van der Waals surface area contributed by atoms with Crippen molar-refractivity contribution in [1.82, 2.24) is 9.38 Å². The minimum atomic E-state index is -0.902. The van der Waals surface area contributed by atoms with Crippen LogP contribution in [0.15, 0.2) is 47.4 Å². The smallest absolute Gasteiger partial charge is 0.272 e. The van der Waals surface area contributed by atoms with Crippen molar-refractivity contribution in [3.8, 4) is 11.3 Å². The van der Waals surface area contributed by atoms with E-state index < -0.39 is 5.60 Å². The molecule has 3 N–H and O–H groups in total. The van der Waals surface area contributed by atoms with Crippen molar-refractivity contribution < 1.29 is 10.2 Å². The molecule has 0 amide bonds. The van der Waals surface area contributed by atoms with Crippen molar-refractivity contribution in [2.45, 2.75) is 26.1 Å². The highest BCUT2D eigenvalue weighted by Gasteiger charge is 2.15. The number of aromatic amines is 1. The lowest BCUT2D eigenvalue weighted by Crippen LogP contribution is -2.15. The van der Waals surface area contributed by atoms with E-state index in [-0.39, 0.29) is 12.2 Å². The highest BCUT2D eigenvalue weighted by Crippen LogP contribution is 2.23. The summed E-state index contributed by atoms with van der Waals surface area (Å²) in [4.78, 5) is 15.0. The molecule has 3 rings (SSSR count). The van der Waals surface area contributed by atoms with Crippen molar-refractivity contribution in [3.05, 3.63) is 64.2 Å². The average molecular weight is 298 g/mol. The van der Waals surface area contributed by atoms with Gasteiger partial charge in [0, 0.05) is 11.9 Å². The first kappa shape index (κ1) is 14.6. The second-order valence-electron chi connectivity index (χ2n) is 5.87. The molecule has 0 unspecified atom stereocenters. The fourth-order valence-corrected chi connectivity index (χ4v) is 2.51. The molecule has 1 aromatic carbocycles. The van der Waals surface area contributed by atoms with E-state index in [1.165, 1.54) is 0 Å². The minimum Gasteiger partial charge on any atom is -0.390 e. The first-order valence-corrected chi connectivity index (χ1v) is 7.07. The van der Waals surface area contributed by atoms with Crippen LogP contribution >= 0.6 is 0 Å². The Hall–Kier alpha value is -2.37. The van der Waals surface area contributed by atoms with Gasteiger partial charge >= 0.3 is 0 Å². The van der Waals surface area contributed by atoms with E-state index in [1.54, 1.807) is 36.6 Å². The molecule has 5 nitrogen and oxygen atoms in total. The van der Waals surface area contributed by atoms with E-state index in [1.807, 2.05) is 24.3 Å². The number of rotatable bonds is 3. The largest absolute Gasteiger partial charge is 0.390 e. The molecule has 0 aliphatic rings. The van der Waals surface area contributed by atoms with Crippen molar-refractivity contribution in [2.75, 3.05) is 0 Å². The van der Waals surface area contributed by atoms with E-state index in [9.17, 15) is 15.0 Å². The fourth-order valence-electron chi connectivity index (χ4n) is 2.51. The molecule has 0 radical (unpaired) electrons. The molecule has 2 aromatic heterocycles. The van der Waals surface area contributed by atoms with E-state index in [0.29, 0.717) is 16.9 Å². The van der Waals surface area contributed by atoms with Crippen molar-refractivity contribution in [3.63, 3.8) is 0 Å². The van der Waals surface area contributed by atoms with Crippen LogP contribution in [0, 0.1) is 0 Å². The second kappa shape index (κ2) is 5.12. The molecule has 5 heteroatoms. The van der Waals surface area contributed by atoms with Gasteiger partial charge in [-0.05, 0) is 37.1 Å². The molecule has 0 aliphatic heterocycles. The lowest BCUT2D eigenvalue weighted by Gasteiger charge is -2.17. The van der Waals surface area contributed by atoms with Gasteiger partial charge in [0.2, 0.25) is 0 Å². The molecule has 114 valence electrons. The Morgan fingerprint density at radius 1 is 1.14 bits per heavy atom. The first-order valence-electron chi connectivity index (χ1n) is 7.07. The Morgan fingerprint density at radius 3 is 2.41 bits per heavy atom. The van der Waals surface area contributed by atoms with Crippen LogP contribution in [0.25, 0.3) is 16.8 Å². The summed E-state index contributed by atoms with van der Waals surface area (Å²) in [6.07, 6.45) is 1.79. The lowest BCUT2D eigenvalue weighted by atomic mass is 9.97. The van der Waals surface area contributed by atoms with Gasteiger partial charge in [0.05, 0.1) is 17.9 Å². The quantitative estimate of drug-likeness (QED) is 0.692.